The van der Waals surface area contributed by atoms with Crippen molar-refractivity contribution in [1.82, 2.24) is 14.8 Å². The minimum absolute atomic E-state index is 0.0957. The van der Waals surface area contributed by atoms with Crippen LogP contribution in [-0.4, -0.2) is 26.4 Å². The summed E-state index contributed by atoms with van der Waals surface area (Å²) in [4.78, 5) is 12.5. The zero-order chi connectivity index (χ0) is 21.8. The molecule has 2 aromatic carbocycles. The second kappa shape index (κ2) is 9.78. The Hall–Kier alpha value is -2.45. The molecule has 0 atom stereocenters. The number of hydrogen-bond donors (Lipinski definition) is 1. The predicted molar refractivity (Wildman–Crippen MR) is 124 cm³/mol. The molecule has 2 aromatic heterocycles. The van der Waals surface area contributed by atoms with Gasteiger partial charge in [-0.05, 0) is 48.5 Å². The van der Waals surface area contributed by atoms with E-state index in [9.17, 15) is 4.79 Å². The molecule has 4 aromatic rings. The second-order valence-corrected chi connectivity index (χ2v) is 8.61. The molecular weight excluding hydrogens is 479 g/mol. The van der Waals surface area contributed by atoms with Gasteiger partial charge in [-0.1, -0.05) is 52.6 Å². The van der Waals surface area contributed by atoms with E-state index in [4.69, 9.17) is 39.2 Å². The molecule has 4 rings (SSSR count). The van der Waals surface area contributed by atoms with E-state index in [1.54, 1.807) is 36.6 Å². The SMILES string of the molecule is O=C(CSc1nnc(-c2ccc(Cl)cc2)n1Cc1ccco1)Nc1c(Cl)cccc1Cl. The Morgan fingerprint density at radius 2 is 1.74 bits per heavy atom. The number of para-hydroxylation sites is 1. The molecule has 0 saturated heterocycles. The third-order valence-corrected chi connectivity index (χ3v) is 6.12. The zero-order valence-electron chi connectivity index (χ0n) is 15.9. The van der Waals surface area contributed by atoms with Crippen LogP contribution in [-0.2, 0) is 11.3 Å². The summed E-state index contributed by atoms with van der Waals surface area (Å²) >= 11 is 19.5. The minimum Gasteiger partial charge on any atom is -0.467 e. The summed E-state index contributed by atoms with van der Waals surface area (Å²) in [6.45, 7) is 0.415. The van der Waals surface area contributed by atoms with E-state index in [1.807, 2.05) is 28.8 Å². The van der Waals surface area contributed by atoms with Crippen LogP contribution >= 0.6 is 46.6 Å². The quantitative estimate of drug-likeness (QED) is 0.307. The number of nitrogens with zero attached hydrogens (tertiary/aromatic N) is 3. The monoisotopic (exact) mass is 492 g/mol. The van der Waals surface area contributed by atoms with Gasteiger partial charge in [0.2, 0.25) is 5.91 Å². The minimum atomic E-state index is -0.263. The molecule has 158 valence electrons. The molecule has 0 saturated carbocycles. The van der Waals surface area contributed by atoms with Crippen LogP contribution in [0, 0.1) is 0 Å². The Morgan fingerprint density at radius 3 is 2.42 bits per heavy atom. The molecule has 0 fully saturated rings. The number of benzene rings is 2. The number of hydrogen-bond acceptors (Lipinski definition) is 5. The third-order valence-electron chi connectivity index (χ3n) is 4.27. The molecule has 0 aliphatic rings. The summed E-state index contributed by atoms with van der Waals surface area (Å²) in [5, 5.41) is 13.3. The first-order chi connectivity index (χ1) is 15.0. The van der Waals surface area contributed by atoms with Crippen LogP contribution in [0.2, 0.25) is 15.1 Å². The highest BCUT2D eigenvalue weighted by molar-refractivity contribution is 7.99. The van der Waals surface area contributed by atoms with Crippen molar-refractivity contribution in [2.75, 3.05) is 11.1 Å². The molecule has 10 heteroatoms. The first kappa shape index (κ1) is 21.8. The Morgan fingerprint density at radius 1 is 1.00 bits per heavy atom. The molecule has 31 heavy (non-hydrogen) atoms. The van der Waals surface area contributed by atoms with Gasteiger partial charge in [0.1, 0.15) is 5.76 Å². The highest BCUT2D eigenvalue weighted by atomic mass is 35.5. The molecule has 6 nitrogen and oxygen atoms in total. The molecule has 0 spiro atoms. The number of aromatic nitrogens is 3. The normalized spacial score (nSPS) is 10.9. The standard InChI is InChI=1S/C21H15Cl3N4O2S/c22-14-8-6-13(7-9-14)20-26-27-21(28(20)11-15-3-2-10-30-15)31-12-18(29)25-19-16(23)4-1-5-17(19)24/h1-10H,11-12H2,(H,25,29). The van der Waals surface area contributed by atoms with Crippen LogP contribution in [0.3, 0.4) is 0 Å². The van der Waals surface area contributed by atoms with E-state index in [-0.39, 0.29) is 11.7 Å². The van der Waals surface area contributed by atoms with Gasteiger partial charge in [-0.2, -0.15) is 0 Å². The second-order valence-electron chi connectivity index (χ2n) is 6.41. The van der Waals surface area contributed by atoms with E-state index in [0.717, 1.165) is 11.3 Å². The van der Waals surface area contributed by atoms with Crippen molar-refractivity contribution in [1.29, 1.82) is 0 Å². The lowest BCUT2D eigenvalue weighted by atomic mass is 10.2. The molecule has 0 bridgehead atoms. The number of rotatable bonds is 7. The van der Waals surface area contributed by atoms with Gasteiger partial charge < -0.3 is 9.73 Å². The summed E-state index contributed by atoms with van der Waals surface area (Å²) in [5.41, 5.74) is 1.23. The number of carbonyl (C=O) groups is 1. The Labute approximate surface area is 197 Å². The van der Waals surface area contributed by atoms with Crippen molar-refractivity contribution in [2.45, 2.75) is 11.7 Å². The van der Waals surface area contributed by atoms with Gasteiger partial charge >= 0.3 is 0 Å². The van der Waals surface area contributed by atoms with Gasteiger partial charge in [-0.15, -0.1) is 10.2 Å². The van der Waals surface area contributed by atoms with Gasteiger partial charge in [0.15, 0.2) is 11.0 Å². The summed E-state index contributed by atoms with van der Waals surface area (Å²) < 4.78 is 7.38. The summed E-state index contributed by atoms with van der Waals surface area (Å²) in [6.07, 6.45) is 1.61. The molecule has 2 heterocycles. The lowest BCUT2D eigenvalue weighted by Crippen LogP contribution is -2.15. The van der Waals surface area contributed by atoms with Crippen LogP contribution in [0.25, 0.3) is 11.4 Å². The van der Waals surface area contributed by atoms with Crippen molar-refractivity contribution >= 4 is 58.2 Å². The first-order valence-electron chi connectivity index (χ1n) is 9.09. The number of thioether (sulfide) groups is 1. The number of amides is 1. The van der Waals surface area contributed by atoms with Gasteiger partial charge in [0.25, 0.3) is 0 Å². The zero-order valence-corrected chi connectivity index (χ0v) is 19.0. The van der Waals surface area contributed by atoms with Gasteiger partial charge in [0, 0.05) is 10.6 Å². The molecule has 1 amide bonds. The van der Waals surface area contributed by atoms with Crippen LogP contribution in [0.15, 0.2) is 70.4 Å². The Balaban J connectivity index is 1.54. The smallest absolute Gasteiger partial charge is 0.234 e. The van der Waals surface area contributed by atoms with Crippen molar-refractivity contribution in [3.63, 3.8) is 0 Å². The highest BCUT2D eigenvalue weighted by Crippen LogP contribution is 2.31. The Bertz CT molecular complexity index is 1170. The average molecular weight is 494 g/mol. The summed E-state index contributed by atoms with van der Waals surface area (Å²) in [7, 11) is 0. The van der Waals surface area contributed by atoms with Crippen molar-refractivity contribution < 1.29 is 9.21 Å². The van der Waals surface area contributed by atoms with Crippen LogP contribution in [0.4, 0.5) is 5.69 Å². The topological polar surface area (TPSA) is 73.0 Å². The largest absolute Gasteiger partial charge is 0.467 e. The van der Waals surface area contributed by atoms with E-state index in [0.29, 0.717) is 38.3 Å². The number of carbonyl (C=O) groups excluding carboxylic acids is 1. The fourth-order valence-corrected chi connectivity index (χ4v) is 4.19. The van der Waals surface area contributed by atoms with Crippen LogP contribution < -0.4 is 5.32 Å². The highest BCUT2D eigenvalue weighted by Gasteiger charge is 2.18. The number of halogens is 3. The fourth-order valence-electron chi connectivity index (χ4n) is 2.83. The molecular formula is C21H15Cl3N4O2S. The maximum absolute atomic E-state index is 12.5. The maximum atomic E-state index is 12.5. The van der Waals surface area contributed by atoms with Crippen molar-refractivity contribution in [3.05, 3.63) is 81.7 Å². The van der Waals surface area contributed by atoms with E-state index in [1.165, 1.54) is 11.8 Å². The average Bonchev–Trinajstić information content (AvgIpc) is 3.41. The Kier molecular flexibility index (Phi) is 6.87. The van der Waals surface area contributed by atoms with Gasteiger partial charge in [-0.3, -0.25) is 9.36 Å². The third kappa shape index (κ3) is 5.25. The molecule has 0 aliphatic heterocycles. The van der Waals surface area contributed by atoms with E-state index in [2.05, 4.69) is 15.5 Å². The molecule has 0 unspecified atom stereocenters. The van der Waals surface area contributed by atoms with Gasteiger partial charge in [0.05, 0.1) is 34.3 Å². The van der Waals surface area contributed by atoms with Gasteiger partial charge in [-0.25, -0.2) is 0 Å². The molecule has 0 radical (unpaired) electrons. The molecule has 0 aliphatic carbocycles. The number of nitrogens with one attached hydrogen (secondary N) is 1. The van der Waals surface area contributed by atoms with Crippen molar-refractivity contribution in [3.8, 4) is 11.4 Å². The summed E-state index contributed by atoms with van der Waals surface area (Å²) in [6, 6.07) is 16.0. The first-order valence-corrected chi connectivity index (χ1v) is 11.2. The number of furan rings is 1. The van der Waals surface area contributed by atoms with E-state index >= 15 is 0 Å². The lowest BCUT2D eigenvalue weighted by Gasteiger charge is -2.10. The van der Waals surface area contributed by atoms with E-state index < -0.39 is 0 Å². The van der Waals surface area contributed by atoms with Crippen molar-refractivity contribution in [2.24, 2.45) is 0 Å². The number of anilines is 1. The van der Waals surface area contributed by atoms with Crippen LogP contribution in [0.5, 0.6) is 0 Å². The summed E-state index contributed by atoms with van der Waals surface area (Å²) in [5.74, 6) is 1.22. The fraction of sp³-hybridized carbons (Fsp3) is 0.0952. The maximum Gasteiger partial charge on any atom is 0.234 e. The van der Waals surface area contributed by atoms with Crippen LogP contribution in [0.1, 0.15) is 5.76 Å². The predicted octanol–water partition coefficient (Wildman–Crippen LogP) is 6.28. The molecule has 1 N–H and O–H groups in total. The lowest BCUT2D eigenvalue weighted by molar-refractivity contribution is -0.113.